The van der Waals surface area contributed by atoms with Gasteiger partial charge in [-0.1, -0.05) is 25.4 Å². The molecular weight excluding hydrogens is 286 g/mol. The predicted molar refractivity (Wildman–Crippen MR) is 87.9 cm³/mol. The van der Waals surface area contributed by atoms with Crippen LogP contribution in [0.1, 0.15) is 30.5 Å². The van der Waals surface area contributed by atoms with Crippen molar-refractivity contribution in [2.45, 2.75) is 34.2 Å². The molecule has 0 aliphatic carbocycles. The van der Waals surface area contributed by atoms with Gasteiger partial charge in [-0.15, -0.1) is 0 Å². The average Bonchev–Trinajstić information content (AvgIpc) is 2.61. The normalized spacial score (nSPS) is 11.9. The molecule has 0 unspecified atom stereocenters. The van der Waals surface area contributed by atoms with Gasteiger partial charge in [-0.3, -0.25) is 0 Å². The Morgan fingerprint density at radius 1 is 1.33 bits per heavy atom. The highest BCUT2D eigenvalue weighted by molar-refractivity contribution is 6.33. The van der Waals surface area contributed by atoms with Gasteiger partial charge in [0.25, 0.3) is 0 Å². The third kappa shape index (κ3) is 3.13. The first kappa shape index (κ1) is 15.6. The Morgan fingerprint density at radius 3 is 2.52 bits per heavy atom. The summed E-state index contributed by atoms with van der Waals surface area (Å²) >= 11 is 6.50. The van der Waals surface area contributed by atoms with Crippen LogP contribution >= 0.6 is 11.6 Å². The molecule has 21 heavy (non-hydrogen) atoms. The number of carboxylic acids is 1. The fourth-order valence-corrected chi connectivity index (χ4v) is 2.78. The highest BCUT2D eigenvalue weighted by Crippen LogP contribution is 2.33. The summed E-state index contributed by atoms with van der Waals surface area (Å²) in [7, 11) is 0. The average molecular weight is 306 g/mol. The Kier molecular flexibility index (Phi) is 4.43. The highest BCUT2D eigenvalue weighted by Gasteiger charge is 2.16. The van der Waals surface area contributed by atoms with Gasteiger partial charge in [0.15, 0.2) is 0 Å². The van der Waals surface area contributed by atoms with E-state index in [0.29, 0.717) is 11.1 Å². The summed E-state index contributed by atoms with van der Waals surface area (Å²) in [6.07, 6.45) is 2.72. The van der Waals surface area contributed by atoms with Crippen LogP contribution in [0.25, 0.3) is 17.0 Å². The van der Waals surface area contributed by atoms with E-state index in [1.807, 2.05) is 6.92 Å². The van der Waals surface area contributed by atoms with E-state index in [1.165, 1.54) is 11.1 Å². The molecule has 0 aliphatic heterocycles. The number of carboxylic acid groups (broad SMARTS) is 1. The number of benzene rings is 1. The van der Waals surface area contributed by atoms with E-state index in [-0.39, 0.29) is 0 Å². The van der Waals surface area contributed by atoms with Crippen molar-refractivity contribution >= 4 is 34.5 Å². The lowest BCUT2D eigenvalue weighted by Gasteiger charge is -2.10. The van der Waals surface area contributed by atoms with Gasteiger partial charge in [0.2, 0.25) is 0 Å². The fourth-order valence-electron chi connectivity index (χ4n) is 2.46. The van der Waals surface area contributed by atoms with Crippen molar-refractivity contribution in [3.05, 3.63) is 40.1 Å². The van der Waals surface area contributed by atoms with Crippen LogP contribution in [-0.4, -0.2) is 15.6 Å². The number of hydrogen-bond donors (Lipinski definition) is 1. The summed E-state index contributed by atoms with van der Waals surface area (Å²) in [5.74, 6) is -0.518. The SMILES string of the molecule is Cc1cc2c(/C=C/C(=O)O)c(Cl)n(CC(C)C)c2cc1C. The molecule has 0 radical (unpaired) electrons. The van der Waals surface area contributed by atoms with E-state index in [4.69, 9.17) is 16.7 Å². The summed E-state index contributed by atoms with van der Waals surface area (Å²) in [6, 6.07) is 4.20. The molecule has 1 heterocycles. The van der Waals surface area contributed by atoms with Crippen molar-refractivity contribution in [3.8, 4) is 0 Å². The number of carbonyl (C=O) groups is 1. The molecule has 1 aromatic heterocycles. The quantitative estimate of drug-likeness (QED) is 0.834. The zero-order valence-electron chi connectivity index (χ0n) is 12.8. The first-order chi connectivity index (χ1) is 9.81. The second-order valence-corrected chi connectivity index (χ2v) is 6.19. The summed E-state index contributed by atoms with van der Waals surface area (Å²) in [4.78, 5) is 10.8. The minimum absolute atomic E-state index is 0.455. The van der Waals surface area contributed by atoms with E-state index in [0.717, 1.165) is 29.1 Å². The van der Waals surface area contributed by atoms with Crippen LogP contribution in [0.3, 0.4) is 0 Å². The Hall–Kier alpha value is -1.74. The molecule has 0 fully saturated rings. The first-order valence-electron chi connectivity index (χ1n) is 7.01. The molecule has 4 heteroatoms. The van der Waals surface area contributed by atoms with Crippen LogP contribution in [0.2, 0.25) is 5.15 Å². The number of halogens is 1. The number of aromatic nitrogens is 1. The summed E-state index contributed by atoms with van der Waals surface area (Å²) in [5.41, 5.74) is 4.21. The van der Waals surface area contributed by atoms with E-state index < -0.39 is 5.97 Å². The molecule has 0 amide bonds. The molecule has 0 spiro atoms. The van der Waals surface area contributed by atoms with Gasteiger partial charge >= 0.3 is 5.97 Å². The van der Waals surface area contributed by atoms with E-state index in [1.54, 1.807) is 6.08 Å². The smallest absolute Gasteiger partial charge is 0.328 e. The van der Waals surface area contributed by atoms with Gasteiger partial charge in [-0.25, -0.2) is 4.79 Å². The molecule has 0 saturated heterocycles. The Morgan fingerprint density at radius 2 is 1.95 bits per heavy atom. The molecule has 2 rings (SSSR count). The van der Waals surface area contributed by atoms with Gasteiger partial charge in [0, 0.05) is 23.6 Å². The molecular formula is C17H20ClNO2. The van der Waals surface area contributed by atoms with Crippen LogP contribution < -0.4 is 0 Å². The third-order valence-electron chi connectivity index (χ3n) is 3.59. The molecule has 0 saturated carbocycles. The van der Waals surface area contributed by atoms with Crippen molar-refractivity contribution in [1.29, 1.82) is 0 Å². The molecule has 1 aromatic carbocycles. The molecule has 2 aromatic rings. The minimum Gasteiger partial charge on any atom is -0.478 e. The summed E-state index contributed by atoms with van der Waals surface area (Å²) in [5, 5.41) is 10.5. The molecule has 0 bridgehead atoms. The molecule has 0 atom stereocenters. The number of aryl methyl sites for hydroxylation is 2. The van der Waals surface area contributed by atoms with Crippen molar-refractivity contribution in [2.75, 3.05) is 0 Å². The Bertz CT molecular complexity index is 726. The van der Waals surface area contributed by atoms with Crippen LogP contribution in [0.15, 0.2) is 18.2 Å². The van der Waals surface area contributed by atoms with Gasteiger partial charge in [-0.2, -0.15) is 0 Å². The van der Waals surface area contributed by atoms with Crippen LogP contribution in [-0.2, 0) is 11.3 Å². The van der Waals surface area contributed by atoms with Gasteiger partial charge in [-0.05, 0) is 49.1 Å². The fraction of sp³-hybridized carbons (Fsp3) is 0.353. The van der Waals surface area contributed by atoms with Gasteiger partial charge in [0.1, 0.15) is 5.15 Å². The lowest BCUT2D eigenvalue weighted by atomic mass is 10.0. The van der Waals surface area contributed by atoms with E-state index >= 15 is 0 Å². The molecule has 112 valence electrons. The largest absolute Gasteiger partial charge is 0.478 e. The number of hydrogen-bond acceptors (Lipinski definition) is 1. The maximum Gasteiger partial charge on any atom is 0.328 e. The lowest BCUT2D eigenvalue weighted by Crippen LogP contribution is -2.04. The predicted octanol–water partition coefficient (Wildman–Crippen LogP) is 4.67. The monoisotopic (exact) mass is 305 g/mol. The Labute approximate surface area is 129 Å². The number of fused-ring (bicyclic) bond motifs is 1. The van der Waals surface area contributed by atoms with Crippen molar-refractivity contribution in [2.24, 2.45) is 5.92 Å². The van der Waals surface area contributed by atoms with Gasteiger partial charge in [0.05, 0.1) is 5.52 Å². The van der Waals surface area contributed by atoms with Crippen molar-refractivity contribution in [1.82, 2.24) is 4.57 Å². The van der Waals surface area contributed by atoms with Crippen molar-refractivity contribution < 1.29 is 9.90 Å². The standard InChI is InChI=1S/C17H20ClNO2/c1-10(2)9-19-15-8-12(4)11(3)7-14(15)13(17(19)18)5-6-16(20)21/h5-8,10H,9H2,1-4H3,(H,20,21)/b6-5+. The molecule has 3 nitrogen and oxygen atoms in total. The first-order valence-corrected chi connectivity index (χ1v) is 7.39. The van der Waals surface area contributed by atoms with Gasteiger partial charge < -0.3 is 9.67 Å². The number of nitrogens with zero attached hydrogens (tertiary/aromatic N) is 1. The maximum atomic E-state index is 10.8. The third-order valence-corrected chi connectivity index (χ3v) is 4.00. The molecule has 0 aliphatic rings. The number of rotatable bonds is 4. The second kappa shape index (κ2) is 5.94. The molecule has 1 N–H and O–H groups in total. The lowest BCUT2D eigenvalue weighted by molar-refractivity contribution is -0.131. The van der Waals surface area contributed by atoms with Crippen LogP contribution in [0, 0.1) is 19.8 Å². The Balaban J connectivity index is 2.75. The van der Waals surface area contributed by atoms with Crippen molar-refractivity contribution in [3.63, 3.8) is 0 Å². The minimum atomic E-state index is -0.973. The highest BCUT2D eigenvalue weighted by atomic mass is 35.5. The second-order valence-electron chi connectivity index (χ2n) is 5.83. The topological polar surface area (TPSA) is 42.2 Å². The van der Waals surface area contributed by atoms with Crippen LogP contribution in [0.5, 0.6) is 0 Å². The van der Waals surface area contributed by atoms with E-state index in [9.17, 15) is 4.79 Å². The van der Waals surface area contributed by atoms with E-state index in [2.05, 4.69) is 37.5 Å². The zero-order chi connectivity index (χ0) is 15.7. The summed E-state index contributed by atoms with van der Waals surface area (Å²) in [6.45, 7) is 9.19. The maximum absolute atomic E-state index is 10.8. The zero-order valence-corrected chi connectivity index (χ0v) is 13.5. The summed E-state index contributed by atoms with van der Waals surface area (Å²) < 4.78 is 2.06. The van der Waals surface area contributed by atoms with Crippen LogP contribution in [0.4, 0.5) is 0 Å². The number of aliphatic carboxylic acids is 1.